The summed E-state index contributed by atoms with van der Waals surface area (Å²) < 4.78 is 0. The Kier molecular flexibility index (Phi) is 5.86. The van der Waals surface area contributed by atoms with Crippen LogP contribution in [0.15, 0.2) is 54.6 Å². The minimum atomic E-state index is -1.17. The monoisotopic (exact) mass is 469 g/mol. The van der Waals surface area contributed by atoms with Gasteiger partial charge in [0.2, 0.25) is 5.91 Å². The van der Waals surface area contributed by atoms with Crippen molar-refractivity contribution in [2.24, 2.45) is 0 Å². The van der Waals surface area contributed by atoms with Crippen LogP contribution in [-0.4, -0.2) is 34.6 Å². The second-order valence-electron chi connectivity index (χ2n) is 7.32. The van der Waals surface area contributed by atoms with Gasteiger partial charge >= 0.3 is 0 Å². The number of hydrazine groups is 1. The van der Waals surface area contributed by atoms with Crippen LogP contribution in [-0.2, 0) is 16.0 Å². The zero-order valence-corrected chi connectivity index (χ0v) is 18.3. The lowest BCUT2D eigenvalue weighted by molar-refractivity contribution is -0.130. The fourth-order valence-corrected chi connectivity index (χ4v) is 3.95. The fourth-order valence-electron chi connectivity index (χ4n) is 3.62. The third-order valence-electron chi connectivity index (χ3n) is 5.28. The number of fused-ring (bicyclic) bond motifs is 2. The second kappa shape index (κ2) is 8.61. The van der Waals surface area contributed by atoms with Crippen LogP contribution in [0.3, 0.4) is 0 Å². The smallest absolute Gasteiger partial charge is 0.262 e. The lowest BCUT2D eigenvalue weighted by Gasteiger charge is -2.21. The Balaban J connectivity index is 1.41. The number of nitrogens with one attached hydrogen (secondary N) is 2. The summed E-state index contributed by atoms with van der Waals surface area (Å²) in [6.07, 6.45) is 0.0417. The van der Waals surface area contributed by atoms with Gasteiger partial charge in [-0.05, 0) is 35.4 Å². The number of rotatable bonds is 4. The molecule has 0 spiro atoms. The number of carbonyl (C=O) groups is 4. The molecule has 3 aromatic carbocycles. The maximum Gasteiger partial charge on any atom is 0.262 e. The molecule has 0 aromatic heterocycles. The van der Waals surface area contributed by atoms with E-state index in [1.165, 1.54) is 19.1 Å². The molecule has 4 amide bonds. The molecule has 32 heavy (non-hydrogen) atoms. The van der Waals surface area contributed by atoms with Crippen molar-refractivity contribution in [1.82, 2.24) is 15.8 Å². The Hall–Kier alpha value is -3.42. The summed E-state index contributed by atoms with van der Waals surface area (Å²) in [4.78, 5) is 51.1. The Morgan fingerprint density at radius 2 is 1.50 bits per heavy atom. The van der Waals surface area contributed by atoms with Gasteiger partial charge in [-0.15, -0.1) is 0 Å². The molecule has 0 fully saturated rings. The number of benzene rings is 3. The molecule has 0 radical (unpaired) electrons. The van der Waals surface area contributed by atoms with E-state index in [1.807, 2.05) is 42.5 Å². The van der Waals surface area contributed by atoms with E-state index in [0.717, 1.165) is 21.2 Å². The number of carbonyl (C=O) groups excluding carboxylic acids is 4. The maximum atomic E-state index is 12.7. The second-order valence-corrected chi connectivity index (χ2v) is 8.14. The van der Waals surface area contributed by atoms with Crippen LogP contribution < -0.4 is 10.9 Å². The van der Waals surface area contributed by atoms with Gasteiger partial charge in [0, 0.05) is 0 Å². The molecule has 9 heteroatoms. The van der Waals surface area contributed by atoms with Crippen molar-refractivity contribution in [3.63, 3.8) is 0 Å². The molecule has 7 nitrogen and oxygen atoms in total. The third kappa shape index (κ3) is 3.92. The number of imide groups is 1. The first-order valence-corrected chi connectivity index (χ1v) is 10.5. The molecule has 4 rings (SSSR count). The van der Waals surface area contributed by atoms with Gasteiger partial charge < -0.3 is 0 Å². The molecule has 0 aliphatic carbocycles. The van der Waals surface area contributed by atoms with Gasteiger partial charge in [0.25, 0.3) is 17.7 Å². The van der Waals surface area contributed by atoms with Gasteiger partial charge in [0.05, 0.1) is 27.6 Å². The molecule has 0 saturated carbocycles. The molecule has 0 saturated heterocycles. The van der Waals surface area contributed by atoms with Gasteiger partial charge in [-0.3, -0.25) is 34.9 Å². The predicted molar refractivity (Wildman–Crippen MR) is 120 cm³/mol. The SMILES string of the molecule is CC(C(=O)NNC(=O)Cc1cccc2ccccc12)N1C(=O)c2cc(Cl)c(Cl)cc2C1=O. The summed E-state index contributed by atoms with van der Waals surface area (Å²) >= 11 is 11.9. The van der Waals surface area contributed by atoms with Crippen LogP contribution in [0.2, 0.25) is 10.0 Å². The van der Waals surface area contributed by atoms with Gasteiger partial charge in [-0.1, -0.05) is 65.7 Å². The first kappa shape index (κ1) is 21.8. The number of halogens is 2. The van der Waals surface area contributed by atoms with Gasteiger partial charge in [-0.25, -0.2) is 0 Å². The van der Waals surface area contributed by atoms with E-state index in [2.05, 4.69) is 10.9 Å². The van der Waals surface area contributed by atoms with E-state index in [4.69, 9.17) is 23.2 Å². The topological polar surface area (TPSA) is 95.6 Å². The van der Waals surface area contributed by atoms with Crippen LogP contribution >= 0.6 is 23.2 Å². The lowest BCUT2D eigenvalue weighted by Crippen LogP contribution is -2.53. The van der Waals surface area contributed by atoms with E-state index in [1.54, 1.807) is 0 Å². The van der Waals surface area contributed by atoms with Crippen molar-refractivity contribution < 1.29 is 19.2 Å². The first-order valence-electron chi connectivity index (χ1n) is 9.70. The molecule has 1 aliphatic rings. The van der Waals surface area contributed by atoms with E-state index in [9.17, 15) is 19.2 Å². The number of hydrogen-bond acceptors (Lipinski definition) is 4. The quantitative estimate of drug-likeness (QED) is 0.451. The van der Waals surface area contributed by atoms with E-state index in [0.29, 0.717) is 0 Å². The number of nitrogens with zero attached hydrogens (tertiary/aromatic N) is 1. The molecule has 1 atom stereocenters. The highest BCUT2D eigenvalue weighted by Crippen LogP contribution is 2.32. The number of amides is 4. The van der Waals surface area contributed by atoms with E-state index >= 15 is 0 Å². The predicted octanol–water partition coefficient (Wildman–Crippen LogP) is 3.52. The highest BCUT2D eigenvalue weighted by Gasteiger charge is 2.41. The van der Waals surface area contributed by atoms with Crippen molar-refractivity contribution in [3.05, 3.63) is 81.3 Å². The van der Waals surface area contributed by atoms with Crippen LogP contribution in [0.4, 0.5) is 0 Å². The Morgan fingerprint density at radius 3 is 2.16 bits per heavy atom. The summed E-state index contributed by atoms with van der Waals surface area (Å²) in [5.41, 5.74) is 5.57. The van der Waals surface area contributed by atoms with E-state index < -0.39 is 29.7 Å². The molecule has 3 aromatic rings. The first-order chi connectivity index (χ1) is 15.3. The summed E-state index contributed by atoms with van der Waals surface area (Å²) in [7, 11) is 0. The fraction of sp³-hybridized carbons (Fsp3) is 0.130. The van der Waals surface area contributed by atoms with Crippen molar-refractivity contribution in [2.45, 2.75) is 19.4 Å². The minimum absolute atomic E-state index is 0.0417. The van der Waals surface area contributed by atoms with Gasteiger partial charge in [0.15, 0.2) is 0 Å². The van der Waals surface area contributed by atoms with Crippen molar-refractivity contribution in [2.75, 3.05) is 0 Å². The van der Waals surface area contributed by atoms with Crippen LogP contribution in [0.25, 0.3) is 10.8 Å². The Bertz CT molecular complexity index is 1250. The van der Waals surface area contributed by atoms with Crippen molar-refractivity contribution >= 4 is 57.6 Å². The Morgan fingerprint density at radius 1 is 0.906 bits per heavy atom. The standard InChI is InChI=1S/C23H17Cl2N3O4/c1-12(28-22(31)16-10-18(24)19(25)11-17(16)23(28)32)21(30)27-26-20(29)9-14-7-4-6-13-5-2-3-8-15(13)14/h2-8,10-12H,9H2,1H3,(H,26,29)(H,27,30). The van der Waals surface area contributed by atoms with Crippen molar-refractivity contribution in [3.8, 4) is 0 Å². The molecule has 0 bridgehead atoms. The highest BCUT2D eigenvalue weighted by molar-refractivity contribution is 6.43. The van der Waals surface area contributed by atoms with Gasteiger partial charge in [0.1, 0.15) is 6.04 Å². The lowest BCUT2D eigenvalue weighted by atomic mass is 10.0. The van der Waals surface area contributed by atoms with E-state index in [-0.39, 0.29) is 27.6 Å². The van der Waals surface area contributed by atoms with Crippen molar-refractivity contribution in [1.29, 1.82) is 0 Å². The minimum Gasteiger partial charge on any atom is -0.273 e. The summed E-state index contributed by atoms with van der Waals surface area (Å²) in [5, 5.41) is 2.20. The molecule has 1 unspecified atom stereocenters. The van der Waals surface area contributed by atoms with Crippen LogP contribution in [0.1, 0.15) is 33.2 Å². The number of hydrogen-bond donors (Lipinski definition) is 2. The average molecular weight is 470 g/mol. The van der Waals surface area contributed by atoms with Crippen LogP contribution in [0.5, 0.6) is 0 Å². The highest BCUT2D eigenvalue weighted by atomic mass is 35.5. The summed E-state index contributed by atoms with van der Waals surface area (Å²) in [6.45, 7) is 1.39. The summed E-state index contributed by atoms with van der Waals surface area (Å²) in [5.74, 6) is -2.48. The maximum absolute atomic E-state index is 12.7. The molecule has 1 heterocycles. The van der Waals surface area contributed by atoms with Gasteiger partial charge in [-0.2, -0.15) is 0 Å². The molecule has 2 N–H and O–H groups in total. The zero-order valence-electron chi connectivity index (χ0n) is 16.8. The zero-order chi connectivity index (χ0) is 23.0. The van der Waals surface area contributed by atoms with Crippen LogP contribution in [0, 0.1) is 0 Å². The largest absolute Gasteiger partial charge is 0.273 e. The summed E-state index contributed by atoms with van der Waals surface area (Å²) in [6, 6.07) is 14.7. The Labute approximate surface area is 193 Å². The average Bonchev–Trinajstić information content (AvgIpc) is 3.01. The molecular weight excluding hydrogens is 453 g/mol. The molecular formula is C23H17Cl2N3O4. The molecule has 162 valence electrons. The molecule has 1 aliphatic heterocycles. The third-order valence-corrected chi connectivity index (χ3v) is 6.00. The normalized spacial score (nSPS) is 13.8.